The molecule has 6 nitrogen and oxygen atoms in total. The summed E-state index contributed by atoms with van der Waals surface area (Å²) in [6.07, 6.45) is 8.38. The summed E-state index contributed by atoms with van der Waals surface area (Å²) in [4.78, 5) is 15.7. The molecule has 0 aliphatic carbocycles. The Kier molecular flexibility index (Phi) is 9.15. The van der Waals surface area contributed by atoms with Crippen LogP contribution in [0.2, 0.25) is 0 Å². The number of aromatic amines is 1. The molecule has 0 aromatic carbocycles. The maximum Gasteiger partial charge on any atom is 0.238 e. The van der Waals surface area contributed by atoms with Gasteiger partial charge in [0.05, 0.1) is 26.4 Å². The van der Waals surface area contributed by atoms with Crippen LogP contribution in [0.1, 0.15) is 59.2 Å². The number of methoxy groups -OCH3 is 3. The second-order valence-corrected chi connectivity index (χ2v) is 9.42. The normalized spacial score (nSPS) is 23.3. The first-order chi connectivity index (χ1) is 15.5. The standard InChI is InChI=1S/C27H41NO5/c1-16(11-12-22-20(5)23(29)24(30-8)26(28-22)32-10)13-17(2)14-18(3)15-19(4)25(31-9)27(7)21(6)33-27/h11,14-15,19,21,25H,12-13H2,1-10H3,(H,28,29)/b16-11+,17-14+,18-15+/t19-,21?,25-,27?/m1/s1. The molecule has 2 heterocycles. The van der Waals surface area contributed by atoms with Crippen LogP contribution in [0.5, 0.6) is 11.6 Å². The van der Waals surface area contributed by atoms with Crippen LogP contribution < -0.4 is 14.9 Å². The van der Waals surface area contributed by atoms with Gasteiger partial charge in [-0.1, -0.05) is 41.9 Å². The van der Waals surface area contributed by atoms with E-state index in [0.717, 1.165) is 12.1 Å². The fourth-order valence-electron chi connectivity index (χ4n) is 4.63. The van der Waals surface area contributed by atoms with Gasteiger partial charge in [0.1, 0.15) is 5.60 Å². The van der Waals surface area contributed by atoms with Gasteiger partial charge in [-0.25, -0.2) is 0 Å². The van der Waals surface area contributed by atoms with E-state index in [0.29, 0.717) is 17.9 Å². The highest BCUT2D eigenvalue weighted by molar-refractivity contribution is 5.40. The van der Waals surface area contributed by atoms with Crippen molar-refractivity contribution in [2.24, 2.45) is 5.92 Å². The van der Waals surface area contributed by atoms with Gasteiger partial charge in [-0.3, -0.25) is 4.79 Å². The minimum Gasteiger partial charge on any atom is -0.488 e. The van der Waals surface area contributed by atoms with Crippen molar-refractivity contribution in [3.05, 3.63) is 56.4 Å². The molecule has 33 heavy (non-hydrogen) atoms. The predicted octanol–water partition coefficient (Wildman–Crippen LogP) is 5.30. The number of ether oxygens (including phenoxy) is 4. The van der Waals surface area contributed by atoms with E-state index in [9.17, 15) is 4.79 Å². The molecule has 0 amide bonds. The van der Waals surface area contributed by atoms with Crippen LogP contribution in [0, 0.1) is 12.8 Å². The number of rotatable bonds is 11. The van der Waals surface area contributed by atoms with Gasteiger partial charge in [-0.15, -0.1) is 0 Å². The van der Waals surface area contributed by atoms with Crippen molar-refractivity contribution in [3.63, 3.8) is 0 Å². The summed E-state index contributed by atoms with van der Waals surface area (Å²) in [6, 6.07) is 0. The Morgan fingerprint density at radius 1 is 1.18 bits per heavy atom. The van der Waals surface area contributed by atoms with Crippen molar-refractivity contribution >= 4 is 0 Å². The molecule has 1 N–H and O–H groups in total. The highest BCUT2D eigenvalue weighted by Crippen LogP contribution is 2.43. The van der Waals surface area contributed by atoms with Gasteiger partial charge in [0, 0.05) is 30.7 Å². The SMILES string of the molecule is COc1[nH]c(C/C=C(\C)C/C(C)=C/C(C)=C/[C@@H](C)[C@@H](OC)C2(C)OC2C)c(C)c(=O)c1OC. The molecule has 4 atom stereocenters. The maximum atomic E-state index is 12.5. The molecule has 2 unspecified atom stereocenters. The lowest BCUT2D eigenvalue weighted by Gasteiger charge is -2.24. The van der Waals surface area contributed by atoms with Crippen LogP contribution in [0.15, 0.2) is 39.7 Å². The molecular weight excluding hydrogens is 418 g/mol. The molecular formula is C27H41NO5. The van der Waals surface area contributed by atoms with E-state index >= 15 is 0 Å². The quantitative estimate of drug-likeness (QED) is 0.276. The van der Waals surface area contributed by atoms with Crippen molar-refractivity contribution in [1.82, 2.24) is 4.98 Å². The Balaban J connectivity index is 2.07. The number of hydrogen-bond acceptors (Lipinski definition) is 5. The van der Waals surface area contributed by atoms with Gasteiger partial charge in [0.2, 0.25) is 17.1 Å². The number of hydrogen-bond donors (Lipinski definition) is 1. The average molecular weight is 460 g/mol. The lowest BCUT2D eigenvalue weighted by molar-refractivity contribution is 0.0132. The highest BCUT2D eigenvalue weighted by atomic mass is 16.6. The topological polar surface area (TPSA) is 73.1 Å². The lowest BCUT2D eigenvalue weighted by Crippen LogP contribution is -2.35. The molecule has 1 aromatic heterocycles. The van der Waals surface area contributed by atoms with Crippen molar-refractivity contribution in [2.75, 3.05) is 21.3 Å². The smallest absolute Gasteiger partial charge is 0.238 e. The summed E-state index contributed by atoms with van der Waals surface area (Å²) in [6.45, 7) is 14.6. The maximum absolute atomic E-state index is 12.5. The molecule has 1 aromatic rings. The van der Waals surface area contributed by atoms with Gasteiger partial charge in [0.15, 0.2) is 0 Å². The summed E-state index contributed by atoms with van der Waals surface area (Å²) in [5.41, 5.74) is 4.86. The molecule has 2 rings (SSSR count). The Morgan fingerprint density at radius 3 is 2.33 bits per heavy atom. The summed E-state index contributed by atoms with van der Waals surface area (Å²) in [5.74, 6) is 0.812. The van der Waals surface area contributed by atoms with E-state index in [4.69, 9.17) is 18.9 Å². The summed E-state index contributed by atoms with van der Waals surface area (Å²) >= 11 is 0. The minimum atomic E-state index is -0.202. The minimum absolute atomic E-state index is 0.0321. The highest BCUT2D eigenvalue weighted by Gasteiger charge is 2.56. The number of allylic oxidation sites excluding steroid dienone is 5. The molecule has 1 fully saturated rings. The fraction of sp³-hybridized carbons (Fsp3) is 0.593. The molecule has 6 heteroatoms. The first-order valence-corrected chi connectivity index (χ1v) is 11.5. The molecule has 0 spiro atoms. The number of aromatic nitrogens is 1. The first-order valence-electron chi connectivity index (χ1n) is 11.5. The van der Waals surface area contributed by atoms with E-state index < -0.39 is 0 Å². The Morgan fingerprint density at radius 2 is 1.82 bits per heavy atom. The van der Waals surface area contributed by atoms with Gasteiger partial charge in [-0.05, 0) is 48.0 Å². The van der Waals surface area contributed by atoms with E-state index in [1.165, 1.54) is 30.9 Å². The molecule has 0 saturated carbocycles. The van der Waals surface area contributed by atoms with E-state index in [1.54, 1.807) is 14.0 Å². The van der Waals surface area contributed by atoms with Crippen molar-refractivity contribution in [1.29, 1.82) is 0 Å². The second kappa shape index (κ2) is 11.2. The molecule has 1 aliphatic rings. The summed E-state index contributed by atoms with van der Waals surface area (Å²) in [7, 11) is 4.75. The predicted molar refractivity (Wildman–Crippen MR) is 133 cm³/mol. The van der Waals surface area contributed by atoms with Gasteiger partial charge in [-0.2, -0.15) is 0 Å². The van der Waals surface area contributed by atoms with Crippen LogP contribution in [0.25, 0.3) is 0 Å². The van der Waals surface area contributed by atoms with E-state index in [1.807, 2.05) is 0 Å². The lowest BCUT2D eigenvalue weighted by atomic mass is 9.89. The Bertz CT molecular complexity index is 987. The third-order valence-corrected chi connectivity index (χ3v) is 6.57. The van der Waals surface area contributed by atoms with Crippen LogP contribution >= 0.6 is 0 Å². The third-order valence-electron chi connectivity index (χ3n) is 6.57. The van der Waals surface area contributed by atoms with E-state index in [2.05, 4.69) is 64.8 Å². The van der Waals surface area contributed by atoms with Crippen LogP contribution in [-0.4, -0.2) is 44.1 Å². The van der Waals surface area contributed by atoms with Crippen LogP contribution in [0.3, 0.4) is 0 Å². The summed E-state index contributed by atoms with van der Waals surface area (Å²) in [5, 5.41) is 0. The second-order valence-electron chi connectivity index (χ2n) is 9.42. The average Bonchev–Trinajstić information content (AvgIpc) is 3.35. The van der Waals surface area contributed by atoms with Gasteiger partial charge >= 0.3 is 0 Å². The van der Waals surface area contributed by atoms with Crippen LogP contribution in [0.4, 0.5) is 0 Å². The summed E-state index contributed by atoms with van der Waals surface area (Å²) < 4.78 is 22.0. The zero-order chi connectivity index (χ0) is 24.9. The van der Waals surface area contributed by atoms with E-state index in [-0.39, 0.29) is 34.9 Å². The monoisotopic (exact) mass is 459 g/mol. The van der Waals surface area contributed by atoms with Crippen molar-refractivity contribution in [3.8, 4) is 11.6 Å². The molecule has 1 aliphatic heterocycles. The number of epoxide rings is 1. The molecule has 0 bridgehead atoms. The Hall–Kier alpha value is -2.31. The zero-order valence-corrected chi connectivity index (χ0v) is 21.9. The van der Waals surface area contributed by atoms with Gasteiger partial charge < -0.3 is 23.9 Å². The molecule has 184 valence electrons. The number of H-pyrrole nitrogens is 1. The third kappa shape index (κ3) is 6.39. The fourth-order valence-corrected chi connectivity index (χ4v) is 4.63. The zero-order valence-electron chi connectivity index (χ0n) is 21.9. The number of pyridine rings is 1. The van der Waals surface area contributed by atoms with Crippen molar-refractivity contribution < 1.29 is 18.9 Å². The number of nitrogens with one attached hydrogen (secondary N) is 1. The first kappa shape index (κ1) is 26.9. The van der Waals surface area contributed by atoms with Crippen LogP contribution in [-0.2, 0) is 15.9 Å². The van der Waals surface area contributed by atoms with Crippen molar-refractivity contribution in [2.45, 2.75) is 79.1 Å². The largest absolute Gasteiger partial charge is 0.488 e. The van der Waals surface area contributed by atoms with Gasteiger partial charge in [0.25, 0.3) is 0 Å². The molecule has 0 radical (unpaired) electrons. The Labute approximate surface area is 198 Å². The molecule has 1 saturated heterocycles.